The third-order valence-corrected chi connectivity index (χ3v) is 3.49. The van der Waals surface area contributed by atoms with Crippen molar-refractivity contribution in [1.82, 2.24) is 10.2 Å². The predicted molar refractivity (Wildman–Crippen MR) is 68.4 cm³/mol. The van der Waals surface area contributed by atoms with E-state index in [2.05, 4.69) is 5.32 Å². The normalized spacial score (nSPS) is 21.6. The average molecular weight is 271 g/mol. The maximum atomic E-state index is 11.8. The molecule has 0 saturated carbocycles. The van der Waals surface area contributed by atoms with Crippen LogP contribution in [0.25, 0.3) is 0 Å². The molecule has 1 fully saturated rings. The van der Waals surface area contributed by atoms with Gasteiger partial charge in [0, 0.05) is 12.5 Å². The number of rotatable bonds is 5. The molecular weight excluding hydrogens is 250 g/mol. The van der Waals surface area contributed by atoms with Crippen molar-refractivity contribution in [2.24, 2.45) is 5.73 Å². The topological polar surface area (TPSA) is 113 Å². The molecule has 0 radical (unpaired) electrons. The zero-order chi connectivity index (χ0) is 14.4. The summed E-state index contributed by atoms with van der Waals surface area (Å²) in [5.41, 5.74) is 4.93. The number of carbonyl (C=O) groups is 3. The van der Waals surface area contributed by atoms with Gasteiger partial charge >= 0.3 is 12.0 Å². The molecule has 1 saturated heterocycles. The zero-order valence-corrected chi connectivity index (χ0v) is 11.1. The number of carboxylic acid groups (broad SMARTS) is 1. The summed E-state index contributed by atoms with van der Waals surface area (Å²) in [4.78, 5) is 35.1. The summed E-state index contributed by atoms with van der Waals surface area (Å²) in [6.45, 7) is 2.44. The van der Waals surface area contributed by atoms with E-state index >= 15 is 0 Å². The number of amides is 3. The molecule has 108 valence electrons. The molecule has 0 aromatic heterocycles. The van der Waals surface area contributed by atoms with Crippen molar-refractivity contribution < 1.29 is 19.5 Å². The monoisotopic (exact) mass is 271 g/mol. The second-order valence-corrected chi connectivity index (χ2v) is 4.85. The Hall–Kier alpha value is -1.63. The van der Waals surface area contributed by atoms with Crippen LogP contribution < -0.4 is 11.1 Å². The number of likely N-dealkylation sites (tertiary alicyclic amines) is 1. The molecule has 0 bridgehead atoms. The zero-order valence-electron chi connectivity index (χ0n) is 11.1. The number of nitrogens with two attached hydrogens (primary N) is 1. The van der Waals surface area contributed by atoms with Gasteiger partial charge in [0.2, 0.25) is 5.91 Å². The van der Waals surface area contributed by atoms with Crippen molar-refractivity contribution in [3.8, 4) is 0 Å². The van der Waals surface area contributed by atoms with Gasteiger partial charge < -0.3 is 10.8 Å². The molecule has 1 aliphatic heterocycles. The lowest BCUT2D eigenvalue weighted by Crippen LogP contribution is -2.53. The van der Waals surface area contributed by atoms with Gasteiger partial charge in [0.1, 0.15) is 0 Å². The van der Waals surface area contributed by atoms with Crippen LogP contribution in [0, 0.1) is 0 Å². The summed E-state index contributed by atoms with van der Waals surface area (Å²) in [7, 11) is 0. The summed E-state index contributed by atoms with van der Waals surface area (Å²) in [6.07, 6.45) is 3.49. The summed E-state index contributed by atoms with van der Waals surface area (Å²) < 4.78 is 0. The SMILES string of the molecule is CC(C(=O)NC(N)=O)N1CCCCC1CCC(=O)O. The second-order valence-electron chi connectivity index (χ2n) is 4.85. The number of nitrogens with zero attached hydrogens (tertiary/aromatic N) is 1. The summed E-state index contributed by atoms with van der Waals surface area (Å²) in [6, 6.07) is -1.28. The number of urea groups is 1. The van der Waals surface area contributed by atoms with E-state index in [1.807, 2.05) is 4.90 Å². The van der Waals surface area contributed by atoms with E-state index in [1.165, 1.54) is 0 Å². The van der Waals surface area contributed by atoms with Crippen molar-refractivity contribution in [1.29, 1.82) is 0 Å². The molecule has 7 nitrogen and oxygen atoms in total. The Bertz CT molecular complexity index is 359. The van der Waals surface area contributed by atoms with Crippen LogP contribution in [0.4, 0.5) is 4.79 Å². The third-order valence-electron chi connectivity index (χ3n) is 3.49. The Morgan fingerprint density at radius 2 is 2.11 bits per heavy atom. The number of aliphatic carboxylic acids is 1. The van der Waals surface area contributed by atoms with E-state index < -0.39 is 23.9 Å². The molecule has 2 atom stereocenters. The van der Waals surface area contributed by atoms with Crippen molar-refractivity contribution in [3.63, 3.8) is 0 Å². The van der Waals surface area contributed by atoms with Crippen LogP contribution in [-0.2, 0) is 9.59 Å². The first-order chi connectivity index (χ1) is 8.91. The highest BCUT2D eigenvalue weighted by molar-refractivity contribution is 5.96. The quantitative estimate of drug-likeness (QED) is 0.665. The second kappa shape index (κ2) is 7.08. The smallest absolute Gasteiger partial charge is 0.318 e. The minimum atomic E-state index is -0.865. The van der Waals surface area contributed by atoms with Gasteiger partial charge in [0.25, 0.3) is 0 Å². The highest BCUT2D eigenvalue weighted by Gasteiger charge is 2.30. The van der Waals surface area contributed by atoms with Crippen LogP contribution in [0.2, 0.25) is 0 Å². The first kappa shape index (κ1) is 15.4. The molecule has 0 aromatic carbocycles. The van der Waals surface area contributed by atoms with Gasteiger partial charge in [-0.15, -0.1) is 0 Å². The third kappa shape index (κ3) is 4.86. The average Bonchev–Trinajstić information content (AvgIpc) is 2.35. The van der Waals surface area contributed by atoms with Gasteiger partial charge in [0.05, 0.1) is 6.04 Å². The maximum absolute atomic E-state index is 11.8. The van der Waals surface area contributed by atoms with E-state index in [0.29, 0.717) is 6.42 Å². The van der Waals surface area contributed by atoms with Crippen LogP contribution in [0.1, 0.15) is 39.0 Å². The molecule has 0 spiro atoms. The van der Waals surface area contributed by atoms with Crippen LogP contribution in [0.3, 0.4) is 0 Å². The van der Waals surface area contributed by atoms with Crippen LogP contribution >= 0.6 is 0 Å². The van der Waals surface area contributed by atoms with Gasteiger partial charge in [-0.2, -0.15) is 0 Å². The Morgan fingerprint density at radius 1 is 1.42 bits per heavy atom. The number of carboxylic acids is 1. The highest BCUT2D eigenvalue weighted by atomic mass is 16.4. The van der Waals surface area contributed by atoms with Crippen molar-refractivity contribution in [2.75, 3.05) is 6.54 Å². The predicted octanol–water partition coefficient (Wildman–Crippen LogP) is 0.289. The number of carbonyl (C=O) groups excluding carboxylic acids is 2. The molecule has 1 rings (SSSR count). The van der Waals surface area contributed by atoms with Gasteiger partial charge in [-0.05, 0) is 32.7 Å². The Labute approximate surface area is 112 Å². The minimum absolute atomic E-state index is 0.0680. The fourth-order valence-electron chi connectivity index (χ4n) is 2.51. The van der Waals surface area contributed by atoms with Crippen LogP contribution in [0.5, 0.6) is 0 Å². The summed E-state index contributed by atoms with van der Waals surface area (Å²) in [5, 5.41) is 10.8. The standard InChI is InChI=1S/C12H21N3O4/c1-8(11(18)14-12(13)19)15-7-3-2-4-9(15)5-6-10(16)17/h8-9H,2-7H2,1H3,(H,16,17)(H3,13,14,18,19). The van der Waals surface area contributed by atoms with Gasteiger partial charge in [-0.3, -0.25) is 19.8 Å². The Balaban J connectivity index is 2.62. The maximum Gasteiger partial charge on any atom is 0.318 e. The van der Waals surface area contributed by atoms with Gasteiger partial charge in [-0.1, -0.05) is 6.42 Å². The molecular formula is C12H21N3O4. The number of hydrogen-bond donors (Lipinski definition) is 3. The van der Waals surface area contributed by atoms with Crippen LogP contribution in [0.15, 0.2) is 0 Å². The van der Waals surface area contributed by atoms with E-state index in [-0.39, 0.29) is 12.5 Å². The number of hydrogen-bond acceptors (Lipinski definition) is 4. The lowest BCUT2D eigenvalue weighted by Gasteiger charge is -2.38. The van der Waals surface area contributed by atoms with E-state index in [0.717, 1.165) is 25.8 Å². The molecule has 1 aliphatic rings. The number of nitrogens with one attached hydrogen (secondary N) is 1. The van der Waals surface area contributed by atoms with E-state index in [1.54, 1.807) is 6.92 Å². The number of imide groups is 1. The molecule has 0 aliphatic carbocycles. The molecule has 7 heteroatoms. The van der Waals surface area contributed by atoms with Crippen LogP contribution in [-0.4, -0.2) is 46.5 Å². The largest absolute Gasteiger partial charge is 0.481 e. The molecule has 19 heavy (non-hydrogen) atoms. The van der Waals surface area contributed by atoms with E-state index in [4.69, 9.17) is 10.8 Å². The lowest BCUT2D eigenvalue weighted by molar-refractivity contribution is -0.137. The molecule has 2 unspecified atom stereocenters. The molecule has 4 N–H and O–H groups in total. The summed E-state index contributed by atoms with van der Waals surface area (Å²) in [5.74, 6) is -1.27. The Kier molecular flexibility index (Phi) is 5.75. The van der Waals surface area contributed by atoms with Crippen molar-refractivity contribution in [3.05, 3.63) is 0 Å². The molecule has 1 heterocycles. The lowest BCUT2D eigenvalue weighted by atomic mass is 9.96. The highest BCUT2D eigenvalue weighted by Crippen LogP contribution is 2.23. The number of piperidine rings is 1. The first-order valence-electron chi connectivity index (χ1n) is 6.49. The fraction of sp³-hybridized carbons (Fsp3) is 0.750. The molecule has 3 amide bonds. The summed E-state index contributed by atoms with van der Waals surface area (Å²) >= 11 is 0. The fourth-order valence-corrected chi connectivity index (χ4v) is 2.51. The minimum Gasteiger partial charge on any atom is -0.481 e. The van der Waals surface area contributed by atoms with E-state index in [9.17, 15) is 14.4 Å². The van der Waals surface area contributed by atoms with Crippen molar-refractivity contribution >= 4 is 17.9 Å². The number of primary amides is 1. The molecule has 0 aromatic rings. The van der Waals surface area contributed by atoms with Gasteiger partial charge in [0.15, 0.2) is 0 Å². The Morgan fingerprint density at radius 3 is 2.68 bits per heavy atom. The van der Waals surface area contributed by atoms with Gasteiger partial charge in [-0.25, -0.2) is 4.79 Å². The first-order valence-corrected chi connectivity index (χ1v) is 6.49. The van der Waals surface area contributed by atoms with Crippen molar-refractivity contribution in [2.45, 2.75) is 51.1 Å².